The molecular formula is C15H23N3O2. The van der Waals surface area contributed by atoms with E-state index in [9.17, 15) is 9.59 Å². The van der Waals surface area contributed by atoms with E-state index in [4.69, 9.17) is 0 Å². The van der Waals surface area contributed by atoms with Crippen LogP contribution >= 0.6 is 0 Å². The molecule has 0 aromatic heterocycles. The Balaban J connectivity index is 2.32. The Kier molecular flexibility index (Phi) is 6.73. The first kappa shape index (κ1) is 16.2. The summed E-state index contributed by atoms with van der Waals surface area (Å²) in [5.41, 5.74) is 1.28. The Bertz CT molecular complexity index is 434. The second-order valence-corrected chi connectivity index (χ2v) is 4.88. The van der Waals surface area contributed by atoms with Crippen molar-refractivity contribution in [1.82, 2.24) is 16.0 Å². The predicted molar refractivity (Wildman–Crippen MR) is 79.4 cm³/mol. The quantitative estimate of drug-likeness (QED) is 0.737. The van der Waals surface area contributed by atoms with Gasteiger partial charge in [0.1, 0.15) is 0 Å². The molecule has 0 aliphatic carbocycles. The van der Waals surface area contributed by atoms with Crippen LogP contribution in [-0.2, 0) is 11.2 Å². The van der Waals surface area contributed by atoms with Gasteiger partial charge in [-0.3, -0.25) is 10.1 Å². The second-order valence-electron chi connectivity index (χ2n) is 4.88. The summed E-state index contributed by atoms with van der Waals surface area (Å²) in [5, 5.41) is 7.80. The third-order valence-electron chi connectivity index (χ3n) is 3.10. The van der Waals surface area contributed by atoms with Crippen LogP contribution in [0.15, 0.2) is 30.3 Å². The summed E-state index contributed by atoms with van der Waals surface area (Å²) in [7, 11) is 1.48. The van der Waals surface area contributed by atoms with Gasteiger partial charge < -0.3 is 10.6 Å². The Hall–Kier alpha value is -1.88. The van der Waals surface area contributed by atoms with Crippen molar-refractivity contribution in [2.45, 2.75) is 38.8 Å². The van der Waals surface area contributed by atoms with Gasteiger partial charge in [-0.25, -0.2) is 4.79 Å². The molecule has 3 N–H and O–H groups in total. The lowest BCUT2D eigenvalue weighted by Crippen LogP contribution is -2.49. The number of hydrogen-bond donors (Lipinski definition) is 3. The van der Waals surface area contributed by atoms with E-state index in [2.05, 4.69) is 28.1 Å². The molecule has 2 atom stereocenters. The largest absolute Gasteiger partial charge is 0.341 e. The van der Waals surface area contributed by atoms with Crippen LogP contribution in [0, 0.1) is 0 Å². The van der Waals surface area contributed by atoms with Gasteiger partial charge in [0.25, 0.3) is 0 Å². The molecule has 0 saturated heterocycles. The molecule has 1 rings (SSSR count). The lowest BCUT2D eigenvalue weighted by molar-refractivity contribution is -0.121. The molecule has 0 aliphatic heterocycles. The summed E-state index contributed by atoms with van der Waals surface area (Å²) in [4.78, 5) is 22.7. The predicted octanol–water partition coefficient (Wildman–Crippen LogP) is 1.44. The zero-order valence-corrected chi connectivity index (χ0v) is 12.3. The van der Waals surface area contributed by atoms with Gasteiger partial charge in [0.2, 0.25) is 5.91 Å². The van der Waals surface area contributed by atoms with Gasteiger partial charge in [0, 0.05) is 13.1 Å². The molecule has 110 valence electrons. The van der Waals surface area contributed by atoms with E-state index >= 15 is 0 Å². The molecular weight excluding hydrogens is 254 g/mol. The number of imide groups is 1. The number of urea groups is 1. The number of benzene rings is 1. The maximum absolute atomic E-state index is 11.7. The van der Waals surface area contributed by atoms with Crippen LogP contribution in [0.1, 0.15) is 25.8 Å². The van der Waals surface area contributed by atoms with Crippen LogP contribution < -0.4 is 16.0 Å². The monoisotopic (exact) mass is 277 g/mol. The van der Waals surface area contributed by atoms with Crippen LogP contribution in [0.2, 0.25) is 0 Å². The van der Waals surface area contributed by atoms with E-state index in [0.717, 1.165) is 12.8 Å². The molecule has 1 aromatic rings. The van der Waals surface area contributed by atoms with Crippen LogP contribution in [-0.4, -0.2) is 31.1 Å². The van der Waals surface area contributed by atoms with E-state index in [1.807, 2.05) is 25.1 Å². The highest BCUT2D eigenvalue weighted by Gasteiger charge is 2.16. The van der Waals surface area contributed by atoms with E-state index in [1.165, 1.54) is 12.6 Å². The molecule has 0 radical (unpaired) electrons. The lowest BCUT2D eigenvalue weighted by atomic mass is 10.1. The second kappa shape index (κ2) is 8.32. The Morgan fingerprint density at radius 3 is 2.40 bits per heavy atom. The van der Waals surface area contributed by atoms with Gasteiger partial charge in [0.05, 0.1) is 6.04 Å². The van der Waals surface area contributed by atoms with E-state index in [0.29, 0.717) is 0 Å². The maximum Gasteiger partial charge on any atom is 0.321 e. The molecule has 0 saturated carbocycles. The zero-order chi connectivity index (χ0) is 15.0. The number of rotatable bonds is 6. The first-order valence-corrected chi connectivity index (χ1v) is 6.85. The fraction of sp³-hybridized carbons (Fsp3) is 0.467. The molecule has 3 amide bonds. The molecule has 5 nitrogen and oxygen atoms in total. The molecule has 5 heteroatoms. The maximum atomic E-state index is 11.7. The zero-order valence-electron chi connectivity index (χ0n) is 12.3. The first-order valence-electron chi connectivity index (χ1n) is 6.85. The van der Waals surface area contributed by atoms with Crippen molar-refractivity contribution in [1.29, 1.82) is 0 Å². The number of hydrogen-bond acceptors (Lipinski definition) is 3. The fourth-order valence-electron chi connectivity index (χ4n) is 1.90. The van der Waals surface area contributed by atoms with Gasteiger partial charge in [0.15, 0.2) is 0 Å². The highest BCUT2D eigenvalue weighted by atomic mass is 16.2. The Morgan fingerprint density at radius 2 is 1.80 bits per heavy atom. The Labute approximate surface area is 120 Å². The summed E-state index contributed by atoms with van der Waals surface area (Å²) in [6, 6.07) is 9.53. The molecule has 2 unspecified atom stereocenters. The summed E-state index contributed by atoms with van der Waals surface area (Å²) in [6.07, 6.45) is 1.89. The molecule has 0 heterocycles. The molecule has 0 spiro atoms. The van der Waals surface area contributed by atoms with Crippen molar-refractivity contribution < 1.29 is 9.59 Å². The SMILES string of the molecule is CNC(=O)NC(=O)C(C)NC(C)CCc1ccccc1. The van der Waals surface area contributed by atoms with Gasteiger partial charge in [-0.1, -0.05) is 30.3 Å². The molecule has 20 heavy (non-hydrogen) atoms. The number of carbonyl (C=O) groups excluding carboxylic acids is 2. The first-order chi connectivity index (χ1) is 9.52. The van der Waals surface area contributed by atoms with E-state index < -0.39 is 12.1 Å². The van der Waals surface area contributed by atoms with Gasteiger partial charge in [-0.05, 0) is 32.3 Å². The van der Waals surface area contributed by atoms with Crippen LogP contribution in [0.3, 0.4) is 0 Å². The summed E-state index contributed by atoms with van der Waals surface area (Å²) < 4.78 is 0. The summed E-state index contributed by atoms with van der Waals surface area (Å²) in [6.45, 7) is 3.78. The van der Waals surface area contributed by atoms with Crippen molar-refractivity contribution >= 4 is 11.9 Å². The van der Waals surface area contributed by atoms with Gasteiger partial charge in [-0.2, -0.15) is 0 Å². The fourth-order valence-corrected chi connectivity index (χ4v) is 1.90. The third kappa shape index (κ3) is 5.84. The van der Waals surface area contributed by atoms with Crippen LogP contribution in [0.25, 0.3) is 0 Å². The van der Waals surface area contributed by atoms with Crippen LogP contribution in [0.5, 0.6) is 0 Å². The molecule has 1 aromatic carbocycles. The smallest absolute Gasteiger partial charge is 0.321 e. The molecule has 0 bridgehead atoms. The minimum atomic E-state index is -0.486. The number of amides is 3. The van der Waals surface area contributed by atoms with Crippen LogP contribution in [0.4, 0.5) is 4.79 Å². The van der Waals surface area contributed by atoms with E-state index in [1.54, 1.807) is 6.92 Å². The van der Waals surface area contributed by atoms with E-state index in [-0.39, 0.29) is 11.9 Å². The van der Waals surface area contributed by atoms with Crippen molar-refractivity contribution in [3.8, 4) is 0 Å². The van der Waals surface area contributed by atoms with Gasteiger partial charge >= 0.3 is 6.03 Å². The summed E-state index contributed by atoms with van der Waals surface area (Å²) in [5.74, 6) is -0.323. The minimum absolute atomic E-state index is 0.195. The van der Waals surface area contributed by atoms with Crippen molar-refractivity contribution in [2.24, 2.45) is 0 Å². The third-order valence-corrected chi connectivity index (χ3v) is 3.10. The lowest BCUT2D eigenvalue weighted by Gasteiger charge is -2.19. The van der Waals surface area contributed by atoms with Crippen molar-refractivity contribution in [3.63, 3.8) is 0 Å². The van der Waals surface area contributed by atoms with Crippen molar-refractivity contribution in [3.05, 3.63) is 35.9 Å². The molecule has 0 fully saturated rings. The highest BCUT2D eigenvalue weighted by Crippen LogP contribution is 2.05. The Morgan fingerprint density at radius 1 is 1.15 bits per heavy atom. The normalized spacial score (nSPS) is 13.3. The van der Waals surface area contributed by atoms with Crippen molar-refractivity contribution in [2.75, 3.05) is 7.05 Å². The minimum Gasteiger partial charge on any atom is -0.341 e. The average molecular weight is 277 g/mol. The van der Waals surface area contributed by atoms with Gasteiger partial charge in [-0.15, -0.1) is 0 Å². The number of carbonyl (C=O) groups is 2. The molecule has 0 aliphatic rings. The summed E-state index contributed by atoms with van der Waals surface area (Å²) >= 11 is 0. The topological polar surface area (TPSA) is 70.2 Å². The number of aryl methyl sites for hydroxylation is 1. The standard InChI is InChI=1S/C15H23N3O2/c1-11(9-10-13-7-5-4-6-8-13)17-12(2)14(19)18-15(20)16-3/h4-8,11-12,17H,9-10H2,1-3H3,(H2,16,18,19,20). The number of nitrogens with one attached hydrogen (secondary N) is 3. The highest BCUT2D eigenvalue weighted by molar-refractivity contribution is 5.96. The average Bonchev–Trinajstić information content (AvgIpc) is 2.45.